The molecule has 0 saturated heterocycles. The van der Waals surface area contributed by atoms with E-state index in [9.17, 15) is 18.5 Å². The van der Waals surface area contributed by atoms with Gasteiger partial charge in [0.25, 0.3) is 5.69 Å². The average Bonchev–Trinajstić information content (AvgIpc) is 2.53. The smallest absolute Gasteiger partial charge is 0.258 e. The third kappa shape index (κ3) is 4.49. The SMILES string of the molecule is Cc1ccc(S(=O)(=O)NC(CI)c2ccc([N+](=O)[O-])cc2)cc1. The lowest BCUT2D eigenvalue weighted by Crippen LogP contribution is -2.29. The zero-order chi connectivity index (χ0) is 17.0. The predicted octanol–water partition coefficient (Wildman–Crippen LogP) is 3.36. The van der Waals surface area contributed by atoms with Gasteiger partial charge in [-0.2, -0.15) is 0 Å². The molecule has 1 N–H and O–H groups in total. The summed E-state index contributed by atoms with van der Waals surface area (Å²) in [5, 5.41) is 10.7. The topological polar surface area (TPSA) is 89.3 Å². The summed E-state index contributed by atoms with van der Waals surface area (Å²) >= 11 is 2.08. The van der Waals surface area contributed by atoms with Gasteiger partial charge in [-0.25, -0.2) is 13.1 Å². The van der Waals surface area contributed by atoms with Gasteiger partial charge in [0.05, 0.1) is 15.9 Å². The molecule has 2 aromatic carbocycles. The van der Waals surface area contributed by atoms with Gasteiger partial charge in [-0.15, -0.1) is 0 Å². The fourth-order valence-corrected chi connectivity index (χ4v) is 4.24. The van der Waals surface area contributed by atoms with Crippen molar-refractivity contribution in [3.63, 3.8) is 0 Å². The highest BCUT2D eigenvalue weighted by atomic mass is 127. The van der Waals surface area contributed by atoms with Crippen LogP contribution in [0.2, 0.25) is 0 Å². The number of sulfonamides is 1. The van der Waals surface area contributed by atoms with Crippen LogP contribution in [0.25, 0.3) is 0 Å². The van der Waals surface area contributed by atoms with Crippen LogP contribution in [0.5, 0.6) is 0 Å². The highest BCUT2D eigenvalue weighted by Gasteiger charge is 2.21. The molecule has 0 aliphatic carbocycles. The molecular formula is C15H15IN2O4S. The lowest BCUT2D eigenvalue weighted by molar-refractivity contribution is -0.384. The van der Waals surface area contributed by atoms with Gasteiger partial charge in [-0.1, -0.05) is 52.4 Å². The maximum atomic E-state index is 12.4. The van der Waals surface area contributed by atoms with Gasteiger partial charge in [0.15, 0.2) is 0 Å². The minimum Gasteiger partial charge on any atom is -0.258 e. The Kier molecular flexibility index (Phi) is 5.71. The molecule has 0 fully saturated rings. The summed E-state index contributed by atoms with van der Waals surface area (Å²) in [6, 6.07) is 12.0. The van der Waals surface area contributed by atoms with Gasteiger partial charge >= 0.3 is 0 Å². The first-order valence-corrected chi connectivity index (χ1v) is 9.73. The van der Waals surface area contributed by atoms with Crippen molar-refractivity contribution in [3.05, 3.63) is 69.8 Å². The molecule has 0 radical (unpaired) electrons. The summed E-state index contributed by atoms with van der Waals surface area (Å²) < 4.78 is 28.0. The Morgan fingerprint density at radius 2 is 1.70 bits per heavy atom. The first-order valence-electron chi connectivity index (χ1n) is 6.73. The maximum Gasteiger partial charge on any atom is 0.269 e. The lowest BCUT2D eigenvalue weighted by Gasteiger charge is -2.17. The largest absolute Gasteiger partial charge is 0.269 e. The number of nitrogens with one attached hydrogen (secondary N) is 1. The van der Waals surface area contributed by atoms with Gasteiger partial charge < -0.3 is 0 Å². The Labute approximate surface area is 148 Å². The van der Waals surface area contributed by atoms with Crippen molar-refractivity contribution in [2.45, 2.75) is 17.9 Å². The van der Waals surface area contributed by atoms with Gasteiger partial charge in [-0.3, -0.25) is 10.1 Å². The summed E-state index contributed by atoms with van der Waals surface area (Å²) in [4.78, 5) is 10.4. The molecule has 23 heavy (non-hydrogen) atoms. The standard InChI is InChI=1S/C15H15IN2O4S/c1-11-2-8-14(9-3-11)23(21,22)17-15(10-16)12-4-6-13(7-5-12)18(19)20/h2-9,15,17H,10H2,1H3. The molecule has 0 aromatic heterocycles. The first kappa shape index (κ1) is 17.8. The third-order valence-corrected chi connectivity index (χ3v) is 5.66. The Hall–Kier alpha value is -1.52. The quantitative estimate of drug-likeness (QED) is 0.319. The van der Waals surface area contributed by atoms with Crippen LogP contribution in [0.1, 0.15) is 17.2 Å². The van der Waals surface area contributed by atoms with E-state index in [2.05, 4.69) is 27.3 Å². The second-order valence-electron chi connectivity index (χ2n) is 4.99. The second-order valence-corrected chi connectivity index (χ2v) is 7.58. The van der Waals surface area contributed by atoms with Crippen LogP contribution in [-0.4, -0.2) is 17.8 Å². The Balaban J connectivity index is 2.24. The first-order chi connectivity index (χ1) is 10.8. The molecule has 0 bridgehead atoms. The van der Waals surface area contributed by atoms with E-state index in [4.69, 9.17) is 0 Å². The number of hydrogen-bond donors (Lipinski definition) is 1. The molecule has 8 heteroatoms. The van der Waals surface area contributed by atoms with Crippen molar-refractivity contribution in [1.29, 1.82) is 0 Å². The molecule has 0 saturated carbocycles. The number of nitro benzene ring substituents is 1. The molecule has 0 spiro atoms. The number of rotatable bonds is 6. The molecular weight excluding hydrogens is 431 g/mol. The van der Waals surface area contributed by atoms with Crippen molar-refractivity contribution in [2.24, 2.45) is 0 Å². The summed E-state index contributed by atoms with van der Waals surface area (Å²) in [5.41, 5.74) is 1.63. The van der Waals surface area contributed by atoms with Gasteiger partial charge in [0, 0.05) is 16.6 Å². The predicted molar refractivity (Wildman–Crippen MR) is 96.2 cm³/mol. The molecule has 0 amide bonds. The molecule has 122 valence electrons. The molecule has 0 heterocycles. The van der Waals surface area contributed by atoms with Crippen molar-refractivity contribution < 1.29 is 13.3 Å². The van der Waals surface area contributed by atoms with Crippen LogP contribution in [0, 0.1) is 17.0 Å². The summed E-state index contributed by atoms with van der Waals surface area (Å²) in [7, 11) is -3.65. The summed E-state index contributed by atoms with van der Waals surface area (Å²) in [6.07, 6.45) is 0. The van der Waals surface area contributed by atoms with E-state index in [0.717, 1.165) is 5.56 Å². The van der Waals surface area contributed by atoms with Crippen molar-refractivity contribution in [1.82, 2.24) is 4.72 Å². The Morgan fingerprint density at radius 3 is 2.17 bits per heavy atom. The van der Waals surface area contributed by atoms with E-state index in [1.165, 1.54) is 12.1 Å². The minimum absolute atomic E-state index is 0.0256. The van der Waals surface area contributed by atoms with E-state index in [1.807, 2.05) is 6.92 Å². The van der Waals surface area contributed by atoms with Crippen LogP contribution in [0.4, 0.5) is 5.69 Å². The zero-order valence-electron chi connectivity index (χ0n) is 12.3. The highest BCUT2D eigenvalue weighted by Crippen LogP contribution is 2.22. The van der Waals surface area contributed by atoms with E-state index in [0.29, 0.717) is 9.99 Å². The number of alkyl halides is 1. The number of aryl methyl sites for hydroxylation is 1. The van der Waals surface area contributed by atoms with Gasteiger partial charge in [0.2, 0.25) is 10.0 Å². The number of nitro groups is 1. The molecule has 2 aromatic rings. The Bertz CT molecular complexity index is 789. The molecule has 0 aliphatic heterocycles. The van der Waals surface area contributed by atoms with E-state index >= 15 is 0 Å². The molecule has 2 rings (SSSR count). The normalized spacial score (nSPS) is 12.8. The number of non-ortho nitro benzene ring substituents is 1. The van der Waals surface area contributed by atoms with Crippen LogP contribution < -0.4 is 4.72 Å². The van der Waals surface area contributed by atoms with Crippen LogP contribution >= 0.6 is 22.6 Å². The summed E-state index contributed by atoms with van der Waals surface area (Å²) in [5.74, 6) is 0. The number of benzene rings is 2. The molecule has 6 nitrogen and oxygen atoms in total. The van der Waals surface area contributed by atoms with Crippen LogP contribution in [0.15, 0.2) is 53.4 Å². The molecule has 1 unspecified atom stereocenters. The van der Waals surface area contributed by atoms with Crippen molar-refractivity contribution in [3.8, 4) is 0 Å². The van der Waals surface area contributed by atoms with E-state index in [-0.39, 0.29) is 10.6 Å². The third-order valence-electron chi connectivity index (χ3n) is 3.29. The molecule has 0 aliphatic rings. The van der Waals surface area contributed by atoms with Crippen LogP contribution in [-0.2, 0) is 10.0 Å². The second kappa shape index (κ2) is 7.37. The fourth-order valence-electron chi connectivity index (χ4n) is 1.99. The zero-order valence-corrected chi connectivity index (χ0v) is 15.2. The van der Waals surface area contributed by atoms with Gasteiger partial charge in [-0.05, 0) is 24.6 Å². The maximum absolute atomic E-state index is 12.4. The number of nitrogens with zero attached hydrogens (tertiary/aromatic N) is 1. The minimum atomic E-state index is -3.65. The summed E-state index contributed by atoms with van der Waals surface area (Å²) in [6.45, 7) is 1.88. The van der Waals surface area contributed by atoms with Crippen molar-refractivity contribution >= 4 is 38.3 Å². The van der Waals surface area contributed by atoms with Crippen LogP contribution in [0.3, 0.4) is 0 Å². The monoisotopic (exact) mass is 446 g/mol. The average molecular weight is 446 g/mol. The lowest BCUT2D eigenvalue weighted by atomic mass is 10.1. The van der Waals surface area contributed by atoms with E-state index < -0.39 is 21.0 Å². The van der Waals surface area contributed by atoms with E-state index in [1.54, 1.807) is 36.4 Å². The van der Waals surface area contributed by atoms with Crippen molar-refractivity contribution in [2.75, 3.05) is 4.43 Å². The fraction of sp³-hybridized carbons (Fsp3) is 0.200. The number of halogens is 1. The Morgan fingerprint density at radius 1 is 1.13 bits per heavy atom. The number of hydrogen-bond acceptors (Lipinski definition) is 4. The molecule has 1 atom stereocenters. The van der Waals surface area contributed by atoms with Gasteiger partial charge in [0.1, 0.15) is 0 Å². The highest BCUT2D eigenvalue weighted by molar-refractivity contribution is 14.1.